The zero-order valence-corrected chi connectivity index (χ0v) is 16.3. The number of allylic oxidation sites excluding steroid dienone is 1. The number of benzene rings is 3. The van der Waals surface area contributed by atoms with Gasteiger partial charge in [-0.25, -0.2) is 0 Å². The second-order valence-corrected chi connectivity index (χ2v) is 6.81. The lowest BCUT2D eigenvalue weighted by Crippen LogP contribution is -2.11. The van der Waals surface area contributed by atoms with Crippen LogP contribution in [0.15, 0.2) is 78.4 Å². The van der Waals surface area contributed by atoms with Crippen LogP contribution < -0.4 is 5.32 Å². The highest BCUT2D eigenvalue weighted by Crippen LogP contribution is 2.18. The predicted octanol–water partition coefficient (Wildman–Crippen LogP) is 5.35. The molecule has 1 amide bonds. The average Bonchev–Trinajstić information content (AvgIpc) is 2.72. The number of nitriles is 1. The Labute approximate surface area is 170 Å². The Morgan fingerprint density at radius 3 is 2.28 bits per heavy atom. The van der Waals surface area contributed by atoms with Crippen LogP contribution >= 0.6 is 0 Å². The fraction of sp³-hybridized carbons (Fsp3) is 0.0800. The Hall–Kier alpha value is -3.97. The van der Waals surface area contributed by atoms with Crippen LogP contribution in [0.25, 0.3) is 6.08 Å². The number of rotatable bonds is 5. The molecule has 0 bridgehead atoms. The quantitative estimate of drug-likeness (QED) is 0.369. The van der Waals surface area contributed by atoms with E-state index < -0.39 is 0 Å². The van der Waals surface area contributed by atoms with Crippen LogP contribution in [0.4, 0.5) is 5.69 Å². The van der Waals surface area contributed by atoms with Crippen LogP contribution in [0.2, 0.25) is 0 Å². The standard InChI is InChI=1S/C25H20N2O2/c1-17-9-11-20(12-10-17)25(29)27-23-8-4-6-19(15-23)14-22(16-26)24(28)21-7-3-5-18(2)13-21/h3-15H,1-2H3,(H,27,29)/b22-14+. The molecule has 0 fully saturated rings. The van der Waals surface area contributed by atoms with Crippen LogP contribution in [0, 0.1) is 25.2 Å². The largest absolute Gasteiger partial charge is 0.322 e. The van der Waals surface area contributed by atoms with Gasteiger partial charge in [0, 0.05) is 16.8 Å². The third-order valence-electron chi connectivity index (χ3n) is 4.41. The molecule has 142 valence electrons. The summed E-state index contributed by atoms with van der Waals surface area (Å²) < 4.78 is 0. The molecule has 0 saturated heterocycles. The number of hydrogen-bond acceptors (Lipinski definition) is 3. The molecule has 0 aromatic heterocycles. The van der Waals surface area contributed by atoms with Crippen molar-refractivity contribution in [1.82, 2.24) is 0 Å². The van der Waals surface area contributed by atoms with Gasteiger partial charge in [0.05, 0.1) is 0 Å². The van der Waals surface area contributed by atoms with E-state index in [0.29, 0.717) is 22.4 Å². The van der Waals surface area contributed by atoms with Crippen LogP contribution in [0.5, 0.6) is 0 Å². The minimum atomic E-state index is -0.328. The molecule has 0 aliphatic heterocycles. The number of aryl methyl sites for hydroxylation is 2. The molecule has 3 rings (SSSR count). The normalized spacial score (nSPS) is 10.9. The second kappa shape index (κ2) is 8.81. The van der Waals surface area contributed by atoms with Crippen molar-refractivity contribution in [3.63, 3.8) is 0 Å². The number of hydrogen-bond donors (Lipinski definition) is 1. The Bertz CT molecular complexity index is 1140. The molecule has 4 heteroatoms. The summed E-state index contributed by atoms with van der Waals surface area (Å²) in [6, 6.07) is 23.4. The third kappa shape index (κ3) is 5.06. The third-order valence-corrected chi connectivity index (χ3v) is 4.41. The molecule has 0 heterocycles. The maximum Gasteiger partial charge on any atom is 0.255 e. The van der Waals surface area contributed by atoms with E-state index in [4.69, 9.17) is 0 Å². The molecule has 0 atom stereocenters. The van der Waals surface area contributed by atoms with Gasteiger partial charge in [-0.05, 0) is 55.8 Å². The van der Waals surface area contributed by atoms with E-state index in [0.717, 1.165) is 11.1 Å². The van der Waals surface area contributed by atoms with Crippen molar-refractivity contribution in [3.05, 3.63) is 106 Å². The van der Waals surface area contributed by atoms with Gasteiger partial charge in [-0.2, -0.15) is 5.26 Å². The zero-order valence-electron chi connectivity index (χ0n) is 16.3. The minimum Gasteiger partial charge on any atom is -0.322 e. The SMILES string of the molecule is Cc1ccc(C(=O)Nc2cccc(/C=C(\C#N)C(=O)c3cccc(C)c3)c2)cc1. The van der Waals surface area contributed by atoms with Gasteiger partial charge in [-0.3, -0.25) is 9.59 Å². The zero-order chi connectivity index (χ0) is 20.8. The van der Waals surface area contributed by atoms with Crippen LogP contribution in [-0.4, -0.2) is 11.7 Å². The van der Waals surface area contributed by atoms with Crippen LogP contribution in [-0.2, 0) is 0 Å². The average molecular weight is 380 g/mol. The molecule has 3 aromatic rings. The van der Waals surface area contributed by atoms with Crippen molar-refractivity contribution in [2.45, 2.75) is 13.8 Å². The first-order chi connectivity index (χ1) is 14.0. The molecular formula is C25H20N2O2. The number of ketones is 1. The Balaban J connectivity index is 1.82. The molecule has 4 nitrogen and oxygen atoms in total. The van der Waals surface area contributed by atoms with Crippen molar-refractivity contribution in [2.24, 2.45) is 0 Å². The molecule has 1 N–H and O–H groups in total. The topological polar surface area (TPSA) is 70.0 Å². The summed E-state index contributed by atoms with van der Waals surface area (Å²) in [5, 5.41) is 12.3. The first-order valence-electron chi connectivity index (χ1n) is 9.17. The molecule has 0 saturated carbocycles. The minimum absolute atomic E-state index is 0.0395. The monoisotopic (exact) mass is 380 g/mol. The van der Waals surface area contributed by atoms with Gasteiger partial charge in [-0.1, -0.05) is 53.6 Å². The fourth-order valence-corrected chi connectivity index (χ4v) is 2.87. The van der Waals surface area contributed by atoms with Crippen molar-refractivity contribution in [1.29, 1.82) is 5.26 Å². The first kappa shape index (κ1) is 19.8. The first-order valence-corrected chi connectivity index (χ1v) is 9.17. The summed E-state index contributed by atoms with van der Waals surface area (Å²) in [6.45, 7) is 3.86. The Morgan fingerprint density at radius 1 is 0.862 bits per heavy atom. The molecule has 3 aromatic carbocycles. The van der Waals surface area contributed by atoms with Gasteiger partial charge in [0.15, 0.2) is 0 Å². The molecule has 0 aliphatic rings. The van der Waals surface area contributed by atoms with E-state index in [1.807, 2.05) is 38.1 Å². The number of amides is 1. The van der Waals surface area contributed by atoms with Gasteiger partial charge in [0.1, 0.15) is 11.6 Å². The molecule has 0 aliphatic carbocycles. The maximum absolute atomic E-state index is 12.6. The van der Waals surface area contributed by atoms with Crippen molar-refractivity contribution in [3.8, 4) is 6.07 Å². The molecule has 0 radical (unpaired) electrons. The van der Waals surface area contributed by atoms with E-state index in [9.17, 15) is 14.9 Å². The lowest BCUT2D eigenvalue weighted by molar-refractivity contribution is 0.102. The Kier molecular flexibility index (Phi) is 6.01. The van der Waals surface area contributed by atoms with Gasteiger partial charge in [0.25, 0.3) is 5.91 Å². The van der Waals surface area contributed by atoms with Crippen molar-refractivity contribution in [2.75, 3.05) is 5.32 Å². The highest BCUT2D eigenvalue weighted by molar-refractivity contribution is 6.14. The summed E-state index contributed by atoms with van der Waals surface area (Å²) >= 11 is 0. The highest BCUT2D eigenvalue weighted by Gasteiger charge is 2.12. The lowest BCUT2D eigenvalue weighted by atomic mass is 10.0. The van der Waals surface area contributed by atoms with E-state index in [1.165, 1.54) is 6.08 Å². The van der Waals surface area contributed by atoms with Crippen molar-refractivity contribution >= 4 is 23.5 Å². The Morgan fingerprint density at radius 2 is 1.59 bits per heavy atom. The number of carbonyl (C=O) groups is 2. The fourth-order valence-electron chi connectivity index (χ4n) is 2.87. The summed E-state index contributed by atoms with van der Waals surface area (Å²) in [5.74, 6) is -0.548. The molecule has 0 unspecified atom stereocenters. The number of anilines is 1. The summed E-state index contributed by atoms with van der Waals surface area (Å²) in [5.41, 5.74) is 4.35. The predicted molar refractivity (Wildman–Crippen MR) is 115 cm³/mol. The van der Waals surface area contributed by atoms with E-state index >= 15 is 0 Å². The van der Waals surface area contributed by atoms with E-state index in [-0.39, 0.29) is 17.3 Å². The lowest BCUT2D eigenvalue weighted by Gasteiger charge is -2.07. The maximum atomic E-state index is 12.6. The van der Waals surface area contributed by atoms with E-state index in [1.54, 1.807) is 54.6 Å². The van der Waals surface area contributed by atoms with Crippen molar-refractivity contribution < 1.29 is 9.59 Å². The van der Waals surface area contributed by atoms with Crippen LogP contribution in [0.1, 0.15) is 37.4 Å². The molecule has 0 spiro atoms. The molecule has 29 heavy (non-hydrogen) atoms. The number of Topliss-reactive ketones (excluding diaryl/α,β-unsaturated/α-hetero) is 1. The summed E-state index contributed by atoms with van der Waals surface area (Å²) in [4.78, 5) is 25.1. The summed E-state index contributed by atoms with van der Waals surface area (Å²) in [7, 11) is 0. The summed E-state index contributed by atoms with van der Waals surface area (Å²) in [6.07, 6.45) is 1.53. The number of carbonyl (C=O) groups excluding carboxylic acids is 2. The smallest absolute Gasteiger partial charge is 0.255 e. The van der Waals surface area contributed by atoms with Gasteiger partial charge in [-0.15, -0.1) is 0 Å². The van der Waals surface area contributed by atoms with Gasteiger partial charge < -0.3 is 5.32 Å². The van der Waals surface area contributed by atoms with Gasteiger partial charge >= 0.3 is 0 Å². The second-order valence-electron chi connectivity index (χ2n) is 6.81. The highest BCUT2D eigenvalue weighted by atomic mass is 16.1. The van der Waals surface area contributed by atoms with Crippen LogP contribution in [0.3, 0.4) is 0 Å². The number of nitrogens with one attached hydrogen (secondary N) is 1. The van der Waals surface area contributed by atoms with E-state index in [2.05, 4.69) is 5.32 Å². The number of nitrogens with zero attached hydrogens (tertiary/aromatic N) is 1. The molecular weight excluding hydrogens is 360 g/mol. The van der Waals surface area contributed by atoms with Gasteiger partial charge in [0.2, 0.25) is 5.78 Å².